The third-order valence-corrected chi connectivity index (χ3v) is 4.62. The van der Waals surface area contributed by atoms with Crippen molar-refractivity contribution in [3.8, 4) is 0 Å². The largest absolute Gasteiger partial charge is 0.480 e. The average Bonchev–Trinajstić information content (AvgIpc) is 2.36. The lowest BCUT2D eigenvalue weighted by atomic mass is 9.96. The number of hydrogen-bond donors (Lipinski definition) is 3. The van der Waals surface area contributed by atoms with Crippen LogP contribution in [0.25, 0.3) is 0 Å². The first-order valence-electron chi connectivity index (χ1n) is 6.38. The van der Waals surface area contributed by atoms with Gasteiger partial charge in [-0.15, -0.1) is 0 Å². The molecule has 0 saturated carbocycles. The van der Waals surface area contributed by atoms with Crippen LogP contribution in [-0.2, 0) is 24.4 Å². The van der Waals surface area contributed by atoms with Gasteiger partial charge in [0, 0.05) is 19.0 Å². The molecular formula is C11H19N3O6S. The number of amides is 2. The molecule has 0 unspecified atom stereocenters. The summed E-state index contributed by atoms with van der Waals surface area (Å²) < 4.78 is 24.0. The summed E-state index contributed by atoms with van der Waals surface area (Å²) in [6.07, 6.45) is 1.23. The highest BCUT2D eigenvalue weighted by atomic mass is 32.2. The second kappa shape index (κ2) is 6.85. The van der Waals surface area contributed by atoms with Gasteiger partial charge in [-0.25, -0.2) is 17.5 Å². The summed E-state index contributed by atoms with van der Waals surface area (Å²) in [4.78, 5) is 33.6. The van der Waals surface area contributed by atoms with Crippen molar-refractivity contribution in [2.75, 3.05) is 19.3 Å². The second-order valence-electron chi connectivity index (χ2n) is 5.01. The van der Waals surface area contributed by atoms with E-state index in [1.54, 1.807) is 0 Å². The summed E-state index contributed by atoms with van der Waals surface area (Å²) in [5.41, 5.74) is 4.92. The van der Waals surface area contributed by atoms with E-state index in [0.717, 1.165) is 6.26 Å². The molecule has 0 bridgehead atoms. The third kappa shape index (κ3) is 5.31. The molecule has 0 spiro atoms. The highest BCUT2D eigenvalue weighted by Crippen LogP contribution is 2.19. The zero-order valence-corrected chi connectivity index (χ0v) is 12.4. The van der Waals surface area contributed by atoms with Gasteiger partial charge in [0.15, 0.2) is 0 Å². The number of nitrogens with one attached hydrogen (secondary N) is 1. The van der Waals surface area contributed by atoms with Gasteiger partial charge in [0.05, 0.1) is 12.7 Å². The fourth-order valence-electron chi connectivity index (χ4n) is 2.14. The first kappa shape index (κ1) is 17.4. The smallest absolute Gasteiger partial charge is 0.326 e. The summed E-state index contributed by atoms with van der Waals surface area (Å²) in [5, 5.41) is 11.2. The van der Waals surface area contributed by atoms with Gasteiger partial charge < -0.3 is 16.2 Å². The van der Waals surface area contributed by atoms with Crippen LogP contribution in [0.5, 0.6) is 0 Å². The normalized spacial score (nSPS) is 18.9. The molecule has 0 aromatic heterocycles. The van der Waals surface area contributed by atoms with Crippen molar-refractivity contribution in [1.82, 2.24) is 9.62 Å². The molecule has 1 aliphatic rings. The maximum atomic E-state index is 12.0. The van der Waals surface area contributed by atoms with Gasteiger partial charge in [0.1, 0.15) is 6.04 Å². The van der Waals surface area contributed by atoms with Crippen molar-refractivity contribution in [3.63, 3.8) is 0 Å². The van der Waals surface area contributed by atoms with Crippen LogP contribution in [0.4, 0.5) is 0 Å². The lowest BCUT2D eigenvalue weighted by Crippen LogP contribution is -2.48. The number of primary amides is 1. The van der Waals surface area contributed by atoms with Crippen LogP contribution in [-0.4, -0.2) is 61.0 Å². The molecule has 1 aliphatic heterocycles. The van der Waals surface area contributed by atoms with E-state index in [1.807, 2.05) is 0 Å². The zero-order chi connectivity index (χ0) is 16.2. The van der Waals surface area contributed by atoms with Crippen LogP contribution in [0.3, 0.4) is 0 Å². The predicted octanol–water partition coefficient (Wildman–Crippen LogP) is -1.90. The van der Waals surface area contributed by atoms with E-state index < -0.39 is 46.2 Å². The monoisotopic (exact) mass is 321 g/mol. The number of piperidine rings is 1. The Labute approximate surface area is 122 Å². The van der Waals surface area contributed by atoms with E-state index >= 15 is 0 Å². The van der Waals surface area contributed by atoms with Crippen LogP contribution in [0, 0.1) is 5.92 Å². The molecule has 21 heavy (non-hydrogen) atoms. The van der Waals surface area contributed by atoms with Crippen molar-refractivity contribution in [1.29, 1.82) is 0 Å². The number of carboxylic acids is 1. The quantitative estimate of drug-likeness (QED) is 0.521. The molecule has 0 aliphatic carbocycles. The van der Waals surface area contributed by atoms with Crippen molar-refractivity contribution < 1.29 is 27.9 Å². The number of carboxylic acid groups (broad SMARTS) is 1. The Kier molecular flexibility index (Phi) is 5.67. The van der Waals surface area contributed by atoms with Crippen molar-refractivity contribution in [2.24, 2.45) is 11.7 Å². The van der Waals surface area contributed by atoms with Gasteiger partial charge in [0.25, 0.3) is 0 Å². The van der Waals surface area contributed by atoms with Gasteiger partial charge in [-0.1, -0.05) is 0 Å². The molecule has 1 saturated heterocycles. The summed E-state index contributed by atoms with van der Waals surface area (Å²) >= 11 is 0. The van der Waals surface area contributed by atoms with Gasteiger partial charge in [-0.3, -0.25) is 9.59 Å². The number of rotatable bonds is 6. The maximum absolute atomic E-state index is 12.0. The van der Waals surface area contributed by atoms with Gasteiger partial charge in [-0.2, -0.15) is 0 Å². The van der Waals surface area contributed by atoms with E-state index in [-0.39, 0.29) is 13.1 Å². The van der Waals surface area contributed by atoms with Crippen molar-refractivity contribution >= 4 is 27.8 Å². The Balaban J connectivity index is 2.57. The number of aliphatic carboxylic acids is 1. The molecule has 10 heteroatoms. The molecule has 2 amide bonds. The first-order valence-corrected chi connectivity index (χ1v) is 8.22. The summed E-state index contributed by atoms with van der Waals surface area (Å²) in [7, 11) is -3.28. The molecule has 0 aromatic rings. The van der Waals surface area contributed by atoms with E-state index in [4.69, 9.17) is 10.8 Å². The van der Waals surface area contributed by atoms with Crippen LogP contribution in [0.1, 0.15) is 19.3 Å². The van der Waals surface area contributed by atoms with Crippen LogP contribution in [0.15, 0.2) is 0 Å². The van der Waals surface area contributed by atoms with Crippen molar-refractivity contribution in [2.45, 2.75) is 25.3 Å². The lowest BCUT2D eigenvalue weighted by molar-refractivity contribution is -0.144. The van der Waals surface area contributed by atoms with Gasteiger partial charge in [-0.05, 0) is 12.8 Å². The minimum Gasteiger partial charge on any atom is -0.480 e. The second-order valence-corrected chi connectivity index (χ2v) is 6.99. The summed E-state index contributed by atoms with van der Waals surface area (Å²) in [5.74, 6) is -3.14. The molecular weight excluding hydrogens is 302 g/mol. The van der Waals surface area contributed by atoms with E-state index in [1.165, 1.54) is 4.31 Å². The number of hydrogen-bond acceptors (Lipinski definition) is 5. The standard InChI is InChI=1S/C11H19N3O6S/c1-21(19,20)14-4-2-7(3-5-14)10(16)13-8(11(17)18)6-9(12)15/h7-8H,2-6H2,1H3,(H2,12,15)(H,13,16)(H,17,18)/t8-/m1/s1. The van der Waals surface area contributed by atoms with Gasteiger partial charge >= 0.3 is 5.97 Å². The molecule has 9 nitrogen and oxygen atoms in total. The Morgan fingerprint density at radius 1 is 1.33 bits per heavy atom. The molecule has 120 valence electrons. The molecule has 1 atom stereocenters. The van der Waals surface area contributed by atoms with Crippen LogP contribution in [0.2, 0.25) is 0 Å². The van der Waals surface area contributed by atoms with Crippen LogP contribution < -0.4 is 11.1 Å². The highest BCUT2D eigenvalue weighted by Gasteiger charge is 2.31. The minimum absolute atomic E-state index is 0.213. The van der Waals surface area contributed by atoms with E-state index in [9.17, 15) is 22.8 Å². The Morgan fingerprint density at radius 3 is 2.24 bits per heavy atom. The summed E-state index contributed by atoms with van der Waals surface area (Å²) in [6.45, 7) is 0.426. The molecule has 0 aromatic carbocycles. The zero-order valence-electron chi connectivity index (χ0n) is 11.6. The van der Waals surface area contributed by atoms with Crippen molar-refractivity contribution in [3.05, 3.63) is 0 Å². The number of carbonyl (C=O) groups excluding carboxylic acids is 2. The molecule has 1 rings (SSSR count). The van der Waals surface area contributed by atoms with E-state index in [2.05, 4.69) is 5.32 Å². The molecule has 1 heterocycles. The third-order valence-electron chi connectivity index (χ3n) is 3.31. The van der Waals surface area contributed by atoms with E-state index in [0.29, 0.717) is 12.8 Å². The maximum Gasteiger partial charge on any atom is 0.326 e. The fraction of sp³-hybridized carbons (Fsp3) is 0.727. The first-order chi connectivity index (χ1) is 9.61. The van der Waals surface area contributed by atoms with Gasteiger partial charge in [0.2, 0.25) is 21.8 Å². The molecule has 4 N–H and O–H groups in total. The Hall–Kier alpha value is -1.68. The van der Waals surface area contributed by atoms with Crippen LogP contribution >= 0.6 is 0 Å². The SMILES string of the molecule is CS(=O)(=O)N1CCC(C(=O)N[C@H](CC(N)=O)C(=O)O)CC1. The fourth-order valence-corrected chi connectivity index (χ4v) is 3.01. The minimum atomic E-state index is -3.28. The average molecular weight is 321 g/mol. The number of nitrogens with zero attached hydrogens (tertiary/aromatic N) is 1. The Bertz CT molecular complexity index is 524. The number of carbonyl (C=O) groups is 3. The highest BCUT2D eigenvalue weighted by molar-refractivity contribution is 7.88. The predicted molar refractivity (Wildman–Crippen MR) is 72.5 cm³/mol. The lowest BCUT2D eigenvalue weighted by Gasteiger charge is -2.30. The molecule has 0 radical (unpaired) electrons. The topological polar surface area (TPSA) is 147 Å². The summed E-state index contributed by atoms with van der Waals surface area (Å²) in [6, 6.07) is -1.36. The Morgan fingerprint density at radius 2 is 1.86 bits per heavy atom. The number of sulfonamides is 1. The number of nitrogens with two attached hydrogens (primary N) is 1. The molecule has 1 fully saturated rings.